The fraction of sp³-hybridized carbons (Fsp3) is 0.250. The van der Waals surface area contributed by atoms with Gasteiger partial charge in [-0.2, -0.15) is 0 Å². The first kappa shape index (κ1) is 16.8. The summed E-state index contributed by atoms with van der Waals surface area (Å²) in [7, 11) is 0. The number of nitrogens with one attached hydrogen (secondary N) is 1. The van der Waals surface area contributed by atoms with E-state index in [1.165, 1.54) is 18.2 Å². The highest BCUT2D eigenvalue weighted by molar-refractivity contribution is 5.57. The molecule has 26 heavy (non-hydrogen) atoms. The molecule has 0 saturated carbocycles. The lowest BCUT2D eigenvalue weighted by Gasteiger charge is -2.26. The van der Waals surface area contributed by atoms with E-state index in [2.05, 4.69) is 14.9 Å². The number of H-pyrrole nitrogens is 1. The maximum atomic E-state index is 14.0. The molecule has 2 aromatic carbocycles. The van der Waals surface area contributed by atoms with Crippen LogP contribution in [0.5, 0.6) is 0 Å². The highest BCUT2D eigenvalue weighted by Crippen LogP contribution is 2.26. The van der Waals surface area contributed by atoms with Crippen LogP contribution in [-0.4, -0.2) is 21.4 Å². The van der Waals surface area contributed by atoms with Gasteiger partial charge >= 0.3 is 0 Å². The molecule has 0 unspecified atom stereocenters. The Hall–Kier alpha value is -2.60. The zero-order valence-electron chi connectivity index (χ0n) is 14.3. The van der Waals surface area contributed by atoms with Crippen molar-refractivity contribution in [2.24, 2.45) is 0 Å². The highest BCUT2D eigenvalue weighted by Gasteiger charge is 2.22. The van der Waals surface area contributed by atoms with Crippen LogP contribution in [0.1, 0.15) is 22.5 Å². The van der Waals surface area contributed by atoms with E-state index in [0.29, 0.717) is 18.9 Å². The van der Waals surface area contributed by atoms with Crippen molar-refractivity contribution in [2.45, 2.75) is 26.4 Å². The van der Waals surface area contributed by atoms with E-state index in [-0.39, 0.29) is 11.4 Å². The number of aromatic nitrogens is 2. The second kappa shape index (κ2) is 6.61. The SMILES string of the molecule is Cc1ccc(F)cc1CN1CCc2nc(-c3ccc(F)cc3F)[nH]c2C1. The minimum atomic E-state index is -0.636. The van der Waals surface area contributed by atoms with Gasteiger partial charge in [-0.3, -0.25) is 4.90 Å². The Morgan fingerprint density at radius 3 is 2.65 bits per heavy atom. The van der Waals surface area contributed by atoms with Crippen LogP contribution in [-0.2, 0) is 19.5 Å². The molecule has 3 aromatic rings. The number of imidazole rings is 1. The standard InChI is InChI=1S/C20H18F3N3/c1-12-2-3-14(21)8-13(12)10-26-7-6-18-19(11-26)25-20(24-18)16-5-4-15(22)9-17(16)23/h2-5,8-9H,6-7,10-11H2,1H3,(H,24,25). The third-order valence-electron chi connectivity index (χ3n) is 4.80. The van der Waals surface area contributed by atoms with Crippen molar-refractivity contribution in [2.75, 3.05) is 6.54 Å². The number of aryl methyl sites for hydroxylation is 1. The van der Waals surface area contributed by atoms with Crippen molar-refractivity contribution in [1.82, 2.24) is 14.9 Å². The van der Waals surface area contributed by atoms with Crippen LogP contribution in [0.15, 0.2) is 36.4 Å². The molecule has 0 radical (unpaired) electrons. The third kappa shape index (κ3) is 3.24. The van der Waals surface area contributed by atoms with Crippen LogP contribution in [0.4, 0.5) is 13.2 Å². The van der Waals surface area contributed by atoms with Crippen LogP contribution in [0.2, 0.25) is 0 Å². The summed E-state index contributed by atoms with van der Waals surface area (Å²) in [5.41, 5.74) is 4.09. The number of aromatic amines is 1. The molecular formula is C20H18F3N3. The molecule has 0 aliphatic carbocycles. The molecular weight excluding hydrogens is 339 g/mol. The molecule has 0 atom stereocenters. The highest BCUT2D eigenvalue weighted by atomic mass is 19.1. The predicted molar refractivity (Wildman–Crippen MR) is 92.9 cm³/mol. The maximum absolute atomic E-state index is 14.0. The topological polar surface area (TPSA) is 31.9 Å². The van der Waals surface area contributed by atoms with Crippen LogP contribution in [0, 0.1) is 24.4 Å². The number of rotatable bonds is 3. The summed E-state index contributed by atoms with van der Waals surface area (Å²) in [6, 6.07) is 8.28. The van der Waals surface area contributed by atoms with E-state index >= 15 is 0 Å². The Balaban J connectivity index is 1.56. The second-order valence-electron chi connectivity index (χ2n) is 6.67. The molecule has 0 spiro atoms. The van der Waals surface area contributed by atoms with Crippen LogP contribution < -0.4 is 0 Å². The van der Waals surface area contributed by atoms with Gasteiger partial charge in [-0.05, 0) is 42.3 Å². The molecule has 2 heterocycles. The van der Waals surface area contributed by atoms with Crippen molar-refractivity contribution < 1.29 is 13.2 Å². The van der Waals surface area contributed by atoms with Gasteiger partial charge < -0.3 is 4.98 Å². The number of fused-ring (bicyclic) bond motifs is 1. The Kier molecular flexibility index (Phi) is 4.28. The Labute approximate surface area is 149 Å². The molecule has 1 aromatic heterocycles. The molecule has 1 N–H and O–H groups in total. The average molecular weight is 357 g/mol. The van der Waals surface area contributed by atoms with Gasteiger partial charge in [0.15, 0.2) is 0 Å². The van der Waals surface area contributed by atoms with Gasteiger partial charge in [-0.25, -0.2) is 18.2 Å². The van der Waals surface area contributed by atoms with Crippen molar-refractivity contribution in [3.63, 3.8) is 0 Å². The summed E-state index contributed by atoms with van der Waals surface area (Å²) >= 11 is 0. The lowest BCUT2D eigenvalue weighted by molar-refractivity contribution is 0.241. The summed E-state index contributed by atoms with van der Waals surface area (Å²) in [5.74, 6) is -1.07. The monoisotopic (exact) mass is 357 g/mol. The average Bonchev–Trinajstić information content (AvgIpc) is 3.01. The quantitative estimate of drug-likeness (QED) is 0.755. The zero-order chi connectivity index (χ0) is 18.3. The van der Waals surface area contributed by atoms with Gasteiger partial charge in [0.1, 0.15) is 23.3 Å². The summed E-state index contributed by atoms with van der Waals surface area (Å²) in [6.45, 7) is 4.03. The van der Waals surface area contributed by atoms with Crippen molar-refractivity contribution in [3.05, 3.63) is 76.4 Å². The van der Waals surface area contributed by atoms with Crippen LogP contribution in [0.25, 0.3) is 11.4 Å². The number of hydrogen-bond donors (Lipinski definition) is 1. The normalized spacial score (nSPS) is 14.5. The fourth-order valence-electron chi connectivity index (χ4n) is 3.35. The molecule has 3 nitrogen and oxygen atoms in total. The van der Waals surface area contributed by atoms with E-state index in [9.17, 15) is 13.2 Å². The molecule has 0 fully saturated rings. The first-order valence-corrected chi connectivity index (χ1v) is 8.50. The summed E-state index contributed by atoms with van der Waals surface area (Å²) in [5, 5.41) is 0. The van der Waals surface area contributed by atoms with Gasteiger partial charge in [0, 0.05) is 32.1 Å². The van der Waals surface area contributed by atoms with Crippen molar-refractivity contribution in [1.29, 1.82) is 0 Å². The molecule has 1 aliphatic heterocycles. The molecule has 0 amide bonds. The third-order valence-corrected chi connectivity index (χ3v) is 4.80. The second-order valence-corrected chi connectivity index (χ2v) is 6.67. The largest absolute Gasteiger partial charge is 0.340 e. The van der Waals surface area contributed by atoms with Crippen LogP contribution in [0.3, 0.4) is 0 Å². The zero-order valence-corrected chi connectivity index (χ0v) is 14.3. The summed E-state index contributed by atoms with van der Waals surface area (Å²) in [4.78, 5) is 9.84. The van der Waals surface area contributed by atoms with E-state index in [1.807, 2.05) is 6.92 Å². The molecule has 0 bridgehead atoms. The van der Waals surface area contributed by atoms with E-state index < -0.39 is 11.6 Å². The molecule has 1 aliphatic rings. The number of benzene rings is 2. The van der Waals surface area contributed by atoms with Crippen molar-refractivity contribution >= 4 is 0 Å². The Bertz CT molecular complexity index is 965. The lowest BCUT2D eigenvalue weighted by atomic mass is 10.1. The van der Waals surface area contributed by atoms with E-state index in [1.54, 1.807) is 12.1 Å². The maximum Gasteiger partial charge on any atom is 0.140 e. The number of hydrogen-bond acceptors (Lipinski definition) is 2. The first-order valence-electron chi connectivity index (χ1n) is 8.50. The van der Waals surface area contributed by atoms with Gasteiger partial charge in [-0.15, -0.1) is 0 Å². The van der Waals surface area contributed by atoms with Crippen molar-refractivity contribution in [3.8, 4) is 11.4 Å². The number of nitrogens with zero attached hydrogens (tertiary/aromatic N) is 2. The van der Waals surface area contributed by atoms with E-state index in [0.717, 1.165) is 41.5 Å². The molecule has 134 valence electrons. The fourth-order valence-corrected chi connectivity index (χ4v) is 3.35. The minimum Gasteiger partial charge on any atom is -0.340 e. The Morgan fingerprint density at radius 2 is 1.85 bits per heavy atom. The summed E-state index contributed by atoms with van der Waals surface area (Å²) in [6.07, 6.45) is 0.725. The molecule has 0 saturated heterocycles. The van der Waals surface area contributed by atoms with E-state index in [4.69, 9.17) is 0 Å². The van der Waals surface area contributed by atoms with Crippen LogP contribution >= 0.6 is 0 Å². The van der Waals surface area contributed by atoms with Gasteiger partial charge in [0.2, 0.25) is 0 Å². The minimum absolute atomic E-state index is 0.237. The van der Waals surface area contributed by atoms with Gasteiger partial charge in [-0.1, -0.05) is 6.07 Å². The first-order chi connectivity index (χ1) is 12.5. The lowest BCUT2D eigenvalue weighted by Crippen LogP contribution is -2.30. The van der Waals surface area contributed by atoms with Gasteiger partial charge in [0.25, 0.3) is 0 Å². The predicted octanol–water partition coefficient (Wildman–Crippen LogP) is 4.36. The van der Waals surface area contributed by atoms with Gasteiger partial charge in [0.05, 0.1) is 17.0 Å². The smallest absolute Gasteiger partial charge is 0.140 e. The number of halogens is 3. The molecule has 4 rings (SSSR count). The summed E-state index contributed by atoms with van der Waals surface area (Å²) < 4.78 is 40.6. The molecule has 6 heteroatoms. The Morgan fingerprint density at radius 1 is 1.08 bits per heavy atom.